The molecule has 2 nitrogen and oxygen atoms in total. The molecule has 2 heterocycles. The molecular formula is C12H16N2S2. The van der Waals surface area contributed by atoms with Gasteiger partial charge in [-0.2, -0.15) is 11.8 Å². The van der Waals surface area contributed by atoms with Crippen LogP contribution in [-0.2, 0) is 12.8 Å². The molecule has 0 aromatic carbocycles. The smallest absolute Gasteiger partial charge is 0.133 e. The summed E-state index contributed by atoms with van der Waals surface area (Å²) >= 11 is 7.43. The van der Waals surface area contributed by atoms with Crippen molar-refractivity contribution < 1.29 is 0 Å². The van der Waals surface area contributed by atoms with E-state index in [2.05, 4.69) is 9.97 Å². The van der Waals surface area contributed by atoms with Crippen molar-refractivity contribution in [3.63, 3.8) is 0 Å². The number of fused-ring (bicyclic) bond motifs is 1. The van der Waals surface area contributed by atoms with E-state index in [1.807, 2.05) is 11.8 Å². The highest BCUT2D eigenvalue weighted by Crippen LogP contribution is 2.37. The highest BCUT2D eigenvalue weighted by molar-refractivity contribution is 7.99. The summed E-state index contributed by atoms with van der Waals surface area (Å²) in [7, 11) is 0. The van der Waals surface area contributed by atoms with Crippen molar-refractivity contribution >= 4 is 24.0 Å². The van der Waals surface area contributed by atoms with Gasteiger partial charge in [0.15, 0.2) is 0 Å². The lowest BCUT2D eigenvalue weighted by Crippen LogP contribution is -2.08. The summed E-state index contributed by atoms with van der Waals surface area (Å²) in [6.07, 6.45) is 7.45. The number of aromatic nitrogens is 2. The van der Waals surface area contributed by atoms with Gasteiger partial charge >= 0.3 is 0 Å². The van der Waals surface area contributed by atoms with Gasteiger partial charge in [-0.25, -0.2) is 4.98 Å². The van der Waals surface area contributed by atoms with Crippen LogP contribution < -0.4 is 0 Å². The molecule has 3 rings (SSSR count). The second-order valence-corrected chi connectivity index (χ2v) is 6.29. The number of aromatic amines is 1. The van der Waals surface area contributed by atoms with Gasteiger partial charge in [0.05, 0.1) is 5.25 Å². The van der Waals surface area contributed by atoms with Gasteiger partial charge in [-0.15, -0.1) is 0 Å². The second kappa shape index (κ2) is 4.49. The summed E-state index contributed by atoms with van der Waals surface area (Å²) < 4.78 is 0.854. The Morgan fingerprint density at radius 3 is 3.00 bits per heavy atom. The zero-order valence-electron chi connectivity index (χ0n) is 9.29. The van der Waals surface area contributed by atoms with E-state index < -0.39 is 0 Å². The zero-order valence-corrected chi connectivity index (χ0v) is 10.9. The molecule has 1 aromatic rings. The van der Waals surface area contributed by atoms with Crippen LogP contribution in [-0.4, -0.2) is 15.7 Å². The third kappa shape index (κ3) is 1.93. The van der Waals surface area contributed by atoms with E-state index in [9.17, 15) is 0 Å². The van der Waals surface area contributed by atoms with Crippen molar-refractivity contribution in [1.82, 2.24) is 9.97 Å². The molecule has 1 aliphatic carbocycles. The molecule has 4 heteroatoms. The SMILES string of the molecule is S=c1nc(C2CCCCS2)[nH]c2c1CCC2. The van der Waals surface area contributed by atoms with Crippen LogP contribution in [0.15, 0.2) is 0 Å². The molecule has 1 unspecified atom stereocenters. The van der Waals surface area contributed by atoms with Crippen molar-refractivity contribution in [1.29, 1.82) is 0 Å². The number of hydrogen-bond donors (Lipinski definition) is 1. The minimum Gasteiger partial charge on any atom is -0.346 e. The Kier molecular flexibility index (Phi) is 3.03. The molecule has 1 N–H and O–H groups in total. The maximum absolute atomic E-state index is 5.40. The molecule has 1 atom stereocenters. The van der Waals surface area contributed by atoms with Crippen LogP contribution in [0.1, 0.15) is 48.0 Å². The number of nitrogens with zero attached hydrogens (tertiary/aromatic N) is 1. The van der Waals surface area contributed by atoms with Gasteiger partial charge in [-0.05, 0) is 37.9 Å². The fourth-order valence-electron chi connectivity index (χ4n) is 2.59. The Balaban J connectivity index is 1.96. The molecule has 0 spiro atoms. The van der Waals surface area contributed by atoms with Crippen molar-refractivity contribution in [2.75, 3.05) is 5.75 Å². The largest absolute Gasteiger partial charge is 0.346 e. The lowest BCUT2D eigenvalue weighted by molar-refractivity contribution is 0.658. The van der Waals surface area contributed by atoms with Crippen LogP contribution in [0.2, 0.25) is 0 Å². The van der Waals surface area contributed by atoms with Crippen molar-refractivity contribution in [2.24, 2.45) is 0 Å². The summed E-state index contributed by atoms with van der Waals surface area (Å²) in [5.41, 5.74) is 2.67. The number of thioether (sulfide) groups is 1. The number of rotatable bonds is 1. The summed E-state index contributed by atoms with van der Waals surface area (Å²) in [5, 5.41) is 0.557. The predicted molar refractivity (Wildman–Crippen MR) is 70.5 cm³/mol. The Labute approximate surface area is 105 Å². The topological polar surface area (TPSA) is 28.7 Å². The fourth-order valence-corrected chi connectivity index (χ4v) is 4.17. The molecule has 1 aromatic heterocycles. The number of nitrogens with one attached hydrogen (secondary N) is 1. The number of H-pyrrole nitrogens is 1. The van der Waals surface area contributed by atoms with E-state index in [1.54, 1.807) is 0 Å². The van der Waals surface area contributed by atoms with Crippen molar-refractivity contribution in [2.45, 2.75) is 43.8 Å². The van der Waals surface area contributed by atoms with Crippen LogP contribution in [0.5, 0.6) is 0 Å². The maximum Gasteiger partial charge on any atom is 0.133 e. The summed E-state index contributed by atoms with van der Waals surface area (Å²) in [6, 6.07) is 0. The molecule has 1 fully saturated rings. The van der Waals surface area contributed by atoms with Crippen LogP contribution in [0, 0.1) is 4.64 Å². The monoisotopic (exact) mass is 252 g/mol. The summed E-state index contributed by atoms with van der Waals surface area (Å²) in [6.45, 7) is 0. The van der Waals surface area contributed by atoms with Crippen LogP contribution in [0.25, 0.3) is 0 Å². The van der Waals surface area contributed by atoms with E-state index in [1.165, 1.54) is 42.7 Å². The average molecular weight is 252 g/mol. The average Bonchev–Trinajstić information content (AvgIpc) is 2.79. The van der Waals surface area contributed by atoms with Crippen LogP contribution >= 0.6 is 24.0 Å². The highest BCUT2D eigenvalue weighted by Gasteiger charge is 2.21. The third-order valence-electron chi connectivity index (χ3n) is 3.46. The van der Waals surface area contributed by atoms with Gasteiger partial charge in [0, 0.05) is 11.3 Å². The molecule has 16 heavy (non-hydrogen) atoms. The standard InChI is InChI=1S/C12H16N2S2/c15-12-8-4-3-5-9(8)13-11(14-12)10-6-1-2-7-16-10/h10H,1-7H2,(H,13,14,15). The van der Waals surface area contributed by atoms with Crippen LogP contribution in [0.3, 0.4) is 0 Å². The Bertz CT molecular complexity index is 447. The van der Waals surface area contributed by atoms with Crippen LogP contribution in [0.4, 0.5) is 0 Å². The van der Waals surface area contributed by atoms with Crippen molar-refractivity contribution in [3.05, 3.63) is 21.7 Å². The maximum atomic E-state index is 5.40. The lowest BCUT2D eigenvalue weighted by Gasteiger charge is -2.21. The molecule has 0 saturated carbocycles. The van der Waals surface area contributed by atoms with Gasteiger partial charge in [0.25, 0.3) is 0 Å². The zero-order chi connectivity index (χ0) is 11.0. The molecule has 1 saturated heterocycles. The normalized spacial score (nSPS) is 24.4. The van der Waals surface area contributed by atoms with Gasteiger partial charge in [-0.3, -0.25) is 0 Å². The fraction of sp³-hybridized carbons (Fsp3) is 0.667. The molecular weight excluding hydrogens is 236 g/mol. The quantitative estimate of drug-likeness (QED) is 0.774. The molecule has 0 amide bonds. The Morgan fingerprint density at radius 2 is 2.19 bits per heavy atom. The van der Waals surface area contributed by atoms with E-state index in [0.717, 1.165) is 23.3 Å². The van der Waals surface area contributed by atoms with Gasteiger partial charge in [-0.1, -0.05) is 18.6 Å². The Hall–Kier alpha value is -0.350. The molecule has 1 aliphatic heterocycles. The van der Waals surface area contributed by atoms with E-state index in [4.69, 9.17) is 12.2 Å². The second-order valence-electron chi connectivity index (χ2n) is 4.59. The first-order valence-corrected chi connectivity index (χ1v) is 7.54. The lowest BCUT2D eigenvalue weighted by atomic mass is 10.1. The molecule has 0 bridgehead atoms. The summed E-state index contributed by atoms with van der Waals surface area (Å²) in [5.74, 6) is 2.40. The van der Waals surface area contributed by atoms with E-state index in [-0.39, 0.29) is 0 Å². The number of hydrogen-bond acceptors (Lipinski definition) is 3. The van der Waals surface area contributed by atoms with Crippen molar-refractivity contribution in [3.8, 4) is 0 Å². The molecule has 2 aliphatic rings. The molecule has 0 radical (unpaired) electrons. The number of aryl methyl sites for hydroxylation is 1. The first-order valence-electron chi connectivity index (χ1n) is 6.08. The molecule has 86 valence electrons. The third-order valence-corrected chi connectivity index (χ3v) is 5.19. The summed E-state index contributed by atoms with van der Waals surface area (Å²) in [4.78, 5) is 8.14. The first-order chi connectivity index (χ1) is 7.84. The van der Waals surface area contributed by atoms with E-state index >= 15 is 0 Å². The minimum absolute atomic E-state index is 0.557. The van der Waals surface area contributed by atoms with E-state index in [0.29, 0.717) is 5.25 Å². The minimum atomic E-state index is 0.557. The van der Waals surface area contributed by atoms with Gasteiger partial charge in [0.1, 0.15) is 10.5 Å². The Morgan fingerprint density at radius 1 is 1.25 bits per heavy atom. The van der Waals surface area contributed by atoms with Gasteiger partial charge < -0.3 is 4.98 Å². The predicted octanol–water partition coefficient (Wildman–Crippen LogP) is 3.59. The van der Waals surface area contributed by atoms with Gasteiger partial charge in [0.2, 0.25) is 0 Å². The highest BCUT2D eigenvalue weighted by atomic mass is 32.2. The first kappa shape index (κ1) is 10.8.